The van der Waals surface area contributed by atoms with Crippen LogP contribution in [0.4, 0.5) is 17.6 Å². The summed E-state index contributed by atoms with van der Waals surface area (Å²) < 4.78 is 67.4. The maximum absolute atomic E-state index is 16.3. The summed E-state index contributed by atoms with van der Waals surface area (Å²) >= 11 is 0. The predicted octanol–water partition coefficient (Wildman–Crippen LogP) is 2.90. The van der Waals surface area contributed by atoms with Gasteiger partial charge in [-0.2, -0.15) is 0 Å². The molecule has 2 N–H and O–H groups in total. The normalized spacial score (nSPS) is 24.9. The van der Waals surface area contributed by atoms with Crippen molar-refractivity contribution in [2.24, 2.45) is 5.41 Å². The largest absolute Gasteiger partial charge is 0.491 e. The van der Waals surface area contributed by atoms with Crippen LogP contribution in [-0.2, 0) is 17.6 Å². The Kier molecular flexibility index (Phi) is 6.48. The van der Waals surface area contributed by atoms with Gasteiger partial charge in [-0.1, -0.05) is 12.1 Å². The molecule has 8 nitrogen and oxygen atoms in total. The Morgan fingerprint density at radius 3 is 2.37 bits per heavy atom. The lowest BCUT2D eigenvalue weighted by Crippen LogP contribution is -2.76. The Morgan fingerprint density at radius 2 is 1.79 bits per heavy atom. The van der Waals surface area contributed by atoms with E-state index < -0.39 is 52.2 Å². The van der Waals surface area contributed by atoms with Crippen LogP contribution in [0, 0.1) is 17.0 Å². The minimum Gasteiger partial charge on any atom is -0.491 e. The Balaban J connectivity index is 1.33. The van der Waals surface area contributed by atoms with Crippen molar-refractivity contribution in [3.8, 4) is 5.75 Å². The molecule has 3 aliphatic carbocycles. The zero-order valence-corrected chi connectivity index (χ0v) is 21.0. The van der Waals surface area contributed by atoms with E-state index in [9.17, 15) is 19.0 Å². The first kappa shape index (κ1) is 26.5. The number of aliphatic hydroxyl groups is 2. The average molecular weight is 536 g/mol. The second-order valence-corrected chi connectivity index (χ2v) is 10.9. The van der Waals surface area contributed by atoms with Gasteiger partial charge in [-0.3, -0.25) is 0 Å². The van der Waals surface area contributed by atoms with Crippen LogP contribution in [0.2, 0.25) is 0 Å². The zero-order chi connectivity index (χ0) is 27.3. The van der Waals surface area contributed by atoms with E-state index in [0.717, 1.165) is 28.7 Å². The number of nitrogens with zero attached hydrogens (tertiary/aromatic N) is 5. The molecule has 3 aliphatic rings. The molecule has 1 aromatic heterocycles. The molecule has 6 rings (SSSR count). The van der Waals surface area contributed by atoms with Crippen LogP contribution in [0.5, 0.6) is 5.75 Å². The third-order valence-electron chi connectivity index (χ3n) is 7.86. The van der Waals surface area contributed by atoms with Gasteiger partial charge < -0.3 is 19.8 Å². The van der Waals surface area contributed by atoms with Gasteiger partial charge in [-0.05, 0) is 79.0 Å². The summed E-state index contributed by atoms with van der Waals surface area (Å²) in [7, 11) is 3.70. The second kappa shape index (κ2) is 9.28. The molecule has 204 valence electrons. The molecule has 0 amide bonds. The predicted molar refractivity (Wildman–Crippen MR) is 127 cm³/mol. The number of tetrazole rings is 1. The van der Waals surface area contributed by atoms with Gasteiger partial charge in [0.25, 0.3) is 5.92 Å². The molecule has 12 heteroatoms. The number of alkyl halides is 2. The number of hydrogen-bond donors (Lipinski definition) is 2. The van der Waals surface area contributed by atoms with E-state index in [1.807, 2.05) is 31.1 Å². The number of hydrogen-bond acceptors (Lipinski definition) is 7. The van der Waals surface area contributed by atoms with Gasteiger partial charge in [0.15, 0.2) is 5.60 Å². The van der Waals surface area contributed by atoms with Crippen LogP contribution in [0.15, 0.2) is 48.8 Å². The third-order valence-corrected chi connectivity index (χ3v) is 7.86. The van der Waals surface area contributed by atoms with Crippen molar-refractivity contribution in [1.29, 1.82) is 0 Å². The van der Waals surface area contributed by atoms with E-state index >= 15 is 8.78 Å². The van der Waals surface area contributed by atoms with Crippen molar-refractivity contribution in [1.82, 2.24) is 25.1 Å². The summed E-state index contributed by atoms with van der Waals surface area (Å²) in [5, 5.41) is 31.8. The molecule has 0 aliphatic heterocycles. The van der Waals surface area contributed by atoms with E-state index in [0.29, 0.717) is 18.4 Å². The molecule has 0 radical (unpaired) electrons. The molecule has 0 spiro atoms. The van der Waals surface area contributed by atoms with Gasteiger partial charge in [-0.25, -0.2) is 22.2 Å². The molecule has 2 aromatic carbocycles. The number of halogens is 4. The Labute approximate surface area is 216 Å². The van der Waals surface area contributed by atoms with Crippen LogP contribution in [0.1, 0.15) is 30.4 Å². The number of ether oxygens (including phenoxy) is 1. The third kappa shape index (κ3) is 4.24. The number of likely N-dealkylation sites (N-methyl/N-ethyl adjacent to an activating group) is 1. The topological polar surface area (TPSA) is 96.5 Å². The van der Waals surface area contributed by atoms with E-state index in [4.69, 9.17) is 4.74 Å². The maximum atomic E-state index is 16.3. The molecule has 3 aromatic rings. The van der Waals surface area contributed by atoms with Gasteiger partial charge in [0.05, 0.1) is 6.54 Å². The molecule has 3 saturated carbocycles. The van der Waals surface area contributed by atoms with Crippen molar-refractivity contribution in [3.63, 3.8) is 0 Å². The minimum atomic E-state index is -3.78. The van der Waals surface area contributed by atoms with Crippen molar-refractivity contribution in [3.05, 3.63) is 71.6 Å². The molecule has 1 heterocycles. The number of benzene rings is 2. The number of aromatic nitrogens is 4. The van der Waals surface area contributed by atoms with Gasteiger partial charge in [0, 0.05) is 23.6 Å². The maximum Gasteiger partial charge on any atom is 0.287 e. The molecule has 3 fully saturated rings. The van der Waals surface area contributed by atoms with Crippen molar-refractivity contribution >= 4 is 0 Å². The molecular formula is C26H29F4N5O3. The molecular weight excluding hydrogens is 506 g/mol. The highest BCUT2D eigenvalue weighted by molar-refractivity contribution is 5.44. The second-order valence-electron chi connectivity index (χ2n) is 10.9. The van der Waals surface area contributed by atoms with Crippen LogP contribution in [0.3, 0.4) is 0 Å². The highest BCUT2D eigenvalue weighted by Crippen LogP contribution is 2.80. The van der Waals surface area contributed by atoms with E-state index in [1.54, 1.807) is 12.1 Å². The minimum absolute atomic E-state index is 0.0927. The fraction of sp³-hybridized carbons (Fsp3) is 0.500. The highest BCUT2D eigenvalue weighted by Gasteiger charge is 2.82. The summed E-state index contributed by atoms with van der Waals surface area (Å²) in [6, 6.07) is 9.28. The smallest absolute Gasteiger partial charge is 0.287 e. The van der Waals surface area contributed by atoms with Crippen LogP contribution >= 0.6 is 0 Å². The summed E-state index contributed by atoms with van der Waals surface area (Å²) in [5.41, 5.74) is -4.91. The molecule has 1 unspecified atom stereocenters. The summed E-state index contributed by atoms with van der Waals surface area (Å²) in [6.07, 6.45) is 0.678. The van der Waals surface area contributed by atoms with Gasteiger partial charge >= 0.3 is 0 Å². The van der Waals surface area contributed by atoms with Gasteiger partial charge in [0.2, 0.25) is 0 Å². The Bertz CT molecular complexity index is 1270. The Morgan fingerprint density at radius 1 is 1.11 bits per heavy atom. The lowest BCUT2D eigenvalue weighted by molar-refractivity contribution is -0.347. The van der Waals surface area contributed by atoms with Gasteiger partial charge in [-0.15, -0.1) is 5.10 Å². The van der Waals surface area contributed by atoms with Crippen molar-refractivity contribution < 1.29 is 32.5 Å². The SMILES string of the molecule is CN(C)C[C@@H](O)COc1ccc(C23CC(C(F)(F)C(O)(Cn4cnnn4)c4ccc(F)cc4F)(C2)C3)cc1. The highest BCUT2D eigenvalue weighted by atomic mass is 19.3. The number of aliphatic hydroxyl groups excluding tert-OH is 1. The molecule has 2 atom stereocenters. The van der Waals surface area contributed by atoms with Gasteiger partial charge in [0.1, 0.15) is 36.4 Å². The Hall–Kier alpha value is -3.09. The van der Waals surface area contributed by atoms with Crippen molar-refractivity contribution in [2.45, 2.75) is 48.8 Å². The molecule has 2 bridgehead atoms. The number of rotatable bonds is 11. The fourth-order valence-electron chi connectivity index (χ4n) is 6.10. The van der Waals surface area contributed by atoms with Crippen LogP contribution < -0.4 is 4.74 Å². The fourth-order valence-corrected chi connectivity index (χ4v) is 6.10. The standard InChI is InChI=1S/C26H29F4N5O3/c1-34(2)10-19(36)11-38-20-6-3-17(4-7-20)23-12-24(13-23,14-23)26(29,30)25(37,15-35-16-31-32-33-35)21-8-5-18(27)9-22(21)28/h3-9,16,19,36-37H,10-15H2,1-2H3/t19-,23?,24?,25?/m1/s1. The molecule has 38 heavy (non-hydrogen) atoms. The lowest BCUT2D eigenvalue weighted by atomic mass is 9.30. The zero-order valence-electron chi connectivity index (χ0n) is 21.0. The quantitative estimate of drug-likeness (QED) is 0.365. The van der Waals surface area contributed by atoms with E-state index in [2.05, 4.69) is 15.5 Å². The van der Waals surface area contributed by atoms with Crippen molar-refractivity contribution in [2.75, 3.05) is 27.2 Å². The first-order chi connectivity index (χ1) is 17.9. The summed E-state index contributed by atoms with van der Waals surface area (Å²) in [5.74, 6) is -5.44. The lowest BCUT2D eigenvalue weighted by Gasteiger charge is -2.74. The summed E-state index contributed by atoms with van der Waals surface area (Å²) in [6.45, 7) is -0.229. The van der Waals surface area contributed by atoms with Crippen LogP contribution in [0.25, 0.3) is 0 Å². The van der Waals surface area contributed by atoms with E-state index in [-0.39, 0.29) is 25.9 Å². The first-order valence-electron chi connectivity index (χ1n) is 12.2. The first-order valence-corrected chi connectivity index (χ1v) is 12.2. The monoisotopic (exact) mass is 535 g/mol. The van der Waals surface area contributed by atoms with E-state index in [1.165, 1.54) is 0 Å². The van der Waals surface area contributed by atoms with Crippen LogP contribution in [-0.4, -0.2) is 74.6 Å². The average Bonchev–Trinajstić information content (AvgIpc) is 3.28. The molecule has 0 saturated heterocycles. The summed E-state index contributed by atoms with van der Waals surface area (Å²) in [4.78, 5) is 1.85.